The Kier molecular flexibility index (Phi) is 7.00. The number of ether oxygens (including phenoxy) is 3. The number of nitrogens with one attached hydrogen (secondary N) is 1. The van der Waals surface area contributed by atoms with Gasteiger partial charge in [-0.2, -0.15) is 0 Å². The molecule has 0 aromatic heterocycles. The van der Waals surface area contributed by atoms with Gasteiger partial charge in [-0.05, 0) is 37.1 Å². The molecular weight excluding hydrogens is 266 g/mol. The molecule has 1 aliphatic rings. The number of hydrogen-bond acceptors (Lipinski definition) is 4. The van der Waals surface area contributed by atoms with Gasteiger partial charge in [0.2, 0.25) is 0 Å². The van der Waals surface area contributed by atoms with Crippen LogP contribution in [0.5, 0.6) is 5.75 Å². The van der Waals surface area contributed by atoms with Crippen LogP contribution < -0.4 is 10.1 Å². The Morgan fingerprint density at radius 1 is 1.14 bits per heavy atom. The van der Waals surface area contributed by atoms with Gasteiger partial charge < -0.3 is 19.5 Å². The molecule has 1 atom stereocenters. The molecule has 0 amide bonds. The Bertz CT molecular complexity index is 388. The van der Waals surface area contributed by atoms with E-state index in [0.29, 0.717) is 13.2 Å². The third-order valence-corrected chi connectivity index (χ3v) is 3.52. The van der Waals surface area contributed by atoms with E-state index in [1.807, 2.05) is 12.1 Å². The summed E-state index contributed by atoms with van der Waals surface area (Å²) < 4.78 is 16.8. The molecule has 0 radical (unpaired) electrons. The van der Waals surface area contributed by atoms with Crippen molar-refractivity contribution >= 4 is 0 Å². The monoisotopic (exact) mass is 293 g/mol. The van der Waals surface area contributed by atoms with Gasteiger partial charge in [0.25, 0.3) is 0 Å². The Balaban J connectivity index is 1.97. The standard InChI is InChI=1S/C17H27NO3/c1-3-9-18-16(13-17-20-11-12-21-17)14-5-7-15(8-6-14)19-10-4-2/h5-8,16-18H,3-4,9-13H2,1-2H3. The Morgan fingerprint density at radius 3 is 2.48 bits per heavy atom. The lowest BCUT2D eigenvalue weighted by Crippen LogP contribution is -2.26. The first kappa shape index (κ1) is 16.3. The smallest absolute Gasteiger partial charge is 0.159 e. The minimum atomic E-state index is -0.0876. The van der Waals surface area contributed by atoms with Gasteiger partial charge in [-0.25, -0.2) is 0 Å². The highest BCUT2D eigenvalue weighted by molar-refractivity contribution is 5.29. The lowest BCUT2D eigenvalue weighted by molar-refractivity contribution is -0.0530. The van der Waals surface area contributed by atoms with Crippen LogP contribution in [0.15, 0.2) is 24.3 Å². The average Bonchev–Trinajstić information content (AvgIpc) is 3.03. The maximum absolute atomic E-state index is 5.63. The van der Waals surface area contributed by atoms with Crippen molar-refractivity contribution in [2.75, 3.05) is 26.4 Å². The normalized spacial score (nSPS) is 17.0. The van der Waals surface area contributed by atoms with Crippen LogP contribution in [-0.2, 0) is 9.47 Å². The minimum absolute atomic E-state index is 0.0876. The largest absolute Gasteiger partial charge is 0.494 e. The molecule has 1 N–H and O–H groups in total. The maximum Gasteiger partial charge on any atom is 0.159 e. The second-order valence-corrected chi connectivity index (χ2v) is 5.33. The molecule has 0 saturated carbocycles. The van der Waals surface area contributed by atoms with Gasteiger partial charge in [0, 0.05) is 12.5 Å². The van der Waals surface area contributed by atoms with Crippen molar-refractivity contribution in [2.45, 2.75) is 45.4 Å². The molecule has 0 bridgehead atoms. The Labute approximate surface area is 127 Å². The summed E-state index contributed by atoms with van der Waals surface area (Å²) >= 11 is 0. The first-order valence-corrected chi connectivity index (χ1v) is 8.02. The van der Waals surface area contributed by atoms with E-state index in [9.17, 15) is 0 Å². The molecule has 21 heavy (non-hydrogen) atoms. The van der Waals surface area contributed by atoms with Crippen molar-refractivity contribution in [3.63, 3.8) is 0 Å². The fourth-order valence-electron chi connectivity index (χ4n) is 2.41. The van der Waals surface area contributed by atoms with Crippen LogP contribution in [-0.4, -0.2) is 32.7 Å². The van der Waals surface area contributed by atoms with Gasteiger partial charge in [0.05, 0.1) is 19.8 Å². The van der Waals surface area contributed by atoms with Crippen molar-refractivity contribution < 1.29 is 14.2 Å². The predicted molar refractivity (Wildman–Crippen MR) is 83.6 cm³/mol. The van der Waals surface area contributed by atoms with Crippen LogP contribution in [0.1, 0.15) is 44.7 Å². The van der Waals surface area contributed by atoms with Crippen molar-refractivity contribution in [2.24, 2.45) is 0 Å². The summed E-state index contributed by atoms with van der Waals surface area (Å²) in [7, 11) is 0. The van der Waals surface area contributed by atoms with Crippen LogP contribution in [0.25, 0.3) is 0 Å². The van der Waals surface area contributed by atoms with Crippen molar-refractivity contribution in [1.82, 2.24) is 5.32 Å². The molecule has 1 aliphatic heterocycles. The highest BCUT2D eigenvalue weighted by atomic mass is 16.7. The van der Waals surface area contributed by atoms with Crippen LogP contribution in [0.3, 0.4) is 0 Å². The summed E-state index contributed by atoms with van der Waals surface area (Å²) in [5, 5.41) is 3.57. The van der Waals surface area contributed by atoms with Gasteiger partial charge in [0.15, 0.2) is 6.29 Å². The molecule has 0 spiro atoms. The highest BCUT2D eigenvalue weighted by Crippen LogP contribution is 2.24. The van der Waals surface area contributed by atoms with E-state index < -0.39 is 0 Å². The lowest BCUT2D eigenvalue weighted by Gasteiger charge is -2.22. The zero-order valence-electron chi connectivity index (χ0n) is 13.1. The van der Waals surface area contributed by atoms with E-state index in [4.69, 9.17) is 14.2 Å². The Hall–Kier alpha value is -1.10. The summed E-state index contributed by atoms with van der Waals surface area (Å²) in [5.74, 6) is 0.934. The van der Waals surface area contributed by atoms with Crippen molar-refractivity contribution in [3.05, 3.63) is 29.8 Å². The molecule has 4 nitrogen and oxygen atoms in total. The number of hydrogen-bond donors (Lipinski definition) is 1. The third-order valence-electron chi connectivity index (χ3n) is 3.52. The first-order valence-electron chi connectivity index (χ1n) is 8.02. The molecule has 1 heterocycles. The van der Waals surface area contributed by atoms with E-state index in [0.717, 1.165) is 38.2 Å². The predicted octanol–water partition coefficient (Wildman–Crippen LogP) is 3.28. The molecule has 0 aliphatic carbocycles. The summed E-state index contributed by atoms with van der Waals surface area (Å²) in [6.45, 7) is 7.45. The van der Waals surface area contributed by atoms with E-state index in [2.05, 4.69) is 31.3 Å². The van der Waals surface area contributed by atoms with E-state index in [1.54, 1.807) is 0 Å². The first-order chi connectivity index (χ1) is 10.3. The van der Waals surface area contributed by atoms with E-state index in [1.165, 1.54) is 5.56 Å². The molecule has 1 aromatic rings. The van der Waals surface area contributed by atoms with Crippen LogP contribution >= 0.6 is 0 Å². The van der Waals surface area contributed by atoms with Crippen molar-refractivity contribution in [1.29, 1.82) is 0 Å². The lowest BCUT2D eigenvalue weighted by atomic mass is 10.0. The summed E-state index contributed by atoms with van der Waals surface area (Å²) in [6, 6.07) is 8.61. The van der Waals surface area contributed by atoms with Gasteiger partial charge in [-0.15, -0.1) is 0 Å². The quantitative estimate of drug-likeness (QED) is 0.758. The third kappa shape index (κ3) is 5.30. The Morgan fingerprint density at radius 2 is 1.86 bits per heavy atom. The SMILES string of the molecule is CCCNC(CC1OCCO1)c1ccc(OCCC)cc1. The molecule has 2 rings (SSSR count). The molecule has 1 fully saturated rings. The molecule has 1 unspecified atom stereocenters. The van der Waals surface area contributed by atoms with Crippen LogP contribution in [0, 0.1) is 0 Å². The van der Waals surface area contributed by atoms with Gasteiger partial charge >= 0.3 is 0 Å². The fraction of sp³-hybridized carbons (Fsp3) is 0.647. The van der Waals surface area contributed by atoms with Gasteiger partial charge in [0.1, 0.15) is 5.75 Å². The van der Waals surface area contributed by atoms with Crippen LogP contribution in [0.4, 0.5) is 0 Å². The summed E-state index contributed by atoms with van der Waals surface area (Å²) in [6.07, 6.45) is 2.89. The zero-order chi connectivity index (χ0) is 14.9. The minimum Gasteiger partial charge on any atom is -0.494 e. The second-order valence-electron chi connectivity index (χ2n) is 5.33. The van der Waals surface area contributed by atoms with E-state index in [-0.39, 0.29) is 12.3 Å². The number of benzene rings is 1. The second kappa shape index (κ2) is 9.03. The van der Waals surface area contributed by atoms with Crippen LogP contribution in [0.2, 0.25) is 0 Å². The number of rotatable bonds is 9. The maximum atomic E-state index is 5.63. The zero-order valence-corrected chi connectivity index (χ0v) is 13.1. The fourth-order valence-corrected chi connectivity index (χ4v) is 2.41. The molecular formula is C17H27NO3. The molecule has 118 valence electrons. The summed E-state index contributed by atoms with van der Waals surface area (Å²) in [5.41, 5.74) is 1.26. The molecule has 1 saturated heterocycles. The average molecular weight is 293 g/mol. The molecule has 4 heteroatoms. The topological polar surface area (TPSA) is 39.7 Å². The highest BCUT2D eigenvalue weighted by Gasteiger charge is 2.22. The van der Waals surface area contributed by atoms with Gasteiger partial charge in [-0.1, -0.05) is 26.0 Å². The summed E-state index contributed by atoms with van der Waals surface area (Å²) in [4.78, 5) is 0. The van der Waals surface area contributed by atoms with Gasteiger partial charge in [-0.3, -0.25) is 0 Å². The van der Waals surface area contributed by atoms with Crippen molar-refractivity contribution in [3.8, 4) is 5.75 Å². The van der Waals surface area contributed by atoms with E-state index >= 15 is 0 Å². The molecule has 1 aromatic carbocycles.